The summed E-state index contributed by atoms with van der Waals surface area (Å²) in [5.41, 5.74) is 0.723. The topological polar surface area (TPSA) is 96.0 Å². The number of ether oxygens (including phenoxy) is 1. The molecule has 0 aliphatic heterocycles. The lowest BCUT2D eigenvalue weighted by Gasteiger charge is -2.34. The van der Waals surface area contributed by atoms with Gasteiger partial charge in [0.1, 0.15) is 18.3 Å². The molecule has 1 aliphatic rings. The van der Waals surface area contributed by atoms with E-state index in [1.807, 2.05) is 6.92 Å². The zero-order chi connectivity index (χ0) is 31.9. The first-order valence-corrected chi connectivity index (χ1v) is 17.1. The van der Waals surface area contributed by atoms with Crippen LogP contribution in [0, 0.1) is 0 Å². The van der Waals surface area contributed by atoms with Crippen LogP contribution in [0.15, 0.2) is 71.6 Å². The van der Waals surface area contributed by atoms with E-state index in [1.165, 1.54) is 36.3 Å². The lowest BCUT2D eigenvalue weighted by Crippen LogP contribution is -2.54. The molecule has 2 amide bonds. The monoisotopic (exact) mass is 679 g/mol. The molecule has 0 aromatic heterocycles. The van der Waals surface area contributed by atoms with Crippen molar-refractivity contribution in [2.75, 3.05) is 18.0 Å². The third-order valence-corrected chi connectivity index (χ3v) is 10.4. The molecule has 0 bridgehead atoms. The number of hydrogen-bond donors (Lipinski definition) is 1. The van der Waals surface area contributed by atoms with Crippen LogP contribution in [0.4, 0.5) is 5.69 Å². The minimum atomic E-state index is -4.28. The third kappa shape index (κ3) is 8.18. The fourth-order valence-corrected chi connectivity index (χ4v) is 7.31. The second-order valence-electron chi connectivity index (χ2n) is 10.7. The summed E-state index contributed by atoms with van der Waals surface area (Å²) in [5, 5.41) is 4.04. The normalized spacial score (nSPS) is 14.5. The second-order valence-corrected chi connectivity index (χ2v) is 13.8. The molecule has 1 unspecified atom stereocenters. The van der Waals surface area contributed by atoms with E-state index in [1.54, 1.807) is 42.5 Å². The lowest BCUT2D eigenvalue weighted by atomic mass is 9.95. The third-order valence-electron chi connectivity index (χ3n) is 7.69. The molecule has 1 saturated carbocycles. The Morgan fingerprint density at radius 1 is 0.955 bits per heavy atom. The standard InChI is InChI=1S/C32H36Cl3N3O5S/c1-3-28(32(40)36-24-10-6-4-7-11-24)37(20-22-14-16-26(34)27(35)18-22)31(39)21-38(29-19-23(33)15-17-30(29)43-2)44(41,42)25-12-8-5-9-13-25/h5,8-9,12-19,24,28H,3-4,6-7,10-11,20-21H2,1-2H3,(H,36,40). The van der Waals surface area contributed by atoms with Gasteiger partial charge in [-0.25, -0.2) is 8.42 Å². The molecule has 4 rings (SSSR count). The predicted octanol–water partition coefficient (Wildman–Crippen LogP) is 7.11. The highest BCUT2D eigenvalue weighted by Gasteiger charge is 2.35. The average Bonchev–Trinajstić information content (AvgIpc) is 3.02. The van der Waals surface area contributed by atoms with Gasteiger partial charge >= 0.3 is 0 Å². The van der Waals surface area contributed by atoms with E-state index in [0.29, 0.717) is 22.0 Å². The number of benzene rings is 3. The molecule has 12 heteroatoms. The zero-order valence-electron chi connectivity index (χ0n) is 24.6. The maximum absolute atomic E-state index is 14.3. The van der Waals surface area contributed by atoms with E-state index in [9.17, 15) is 18.0 Å². The Hall–Kier alpha value is -2.98. The predicted molar refractivity (Wildman–Crippen MR) is 175 cm³/mol. The molecule has 0 heterocycles. The molecule has 0 spiro atoms. The van der Waals surface area contributed by atoms with Gasteiger partial charge in [-0.15, -0.1) is 0 Å². The summed E-state index contributed by atoms with van der Waals surface area (Å²) in [6, 6.07) is 16.5. The van der Waals surface area contributed by atoms with Crippen molar-refractivity contribution in [3.05, 3.63) is 87.4 Å². The Balaban J connectivity index is 1.76. The minimum absolute atomic E-state index is 0.00176. The van der Waals surface area contributed by atoms with Gasteiger partial charge in [0.05, 0.1) is 27.7 Å². The van der Waals surface area contributed by atoms with Crippen molar-refractivity contribution < 1.29 is 22.7 Å². The number of halogens is 3. The van der Waals surface area contributed by atoms with E-state index in [2.05, 4.69) is 5.32 Å². The molecule has 1 atom stereocenters. The Labute approximate surface area is 274 Å². The Morgan fingerprint density at radius 2 is 1.66 bits per heavy atom. The molecule has 1 aliphatic carbocycles. The molecule has 236 valence electrons. The quantitative estimate of drug-likeness (QED) is 0.220. The summed E-state index contributed by atoms with van der Waals surface area (Å²) in [5.74, 6) is -0.673. The van der Waals surface area contributed by atoms with E-state index in [-0.39, 0.29) is 39.8 Å². The van der Waals surface area contributed by atoms with Gasteiger partial charge in [0.15, 0.2) is 0 Å². The summed E-state index contributed by atoms with van der Waals surface area (Å²) in [6.45, 7) is 1.19. The zero-order valence-corrected chi connectivity index (χ0v) is 27.7. The van der Waals surface area contributed by atoms with Crippen molar-refractivity contribution in [2.45, 2.75) is 69.0 Å². The van der Waals surface area contributed by atoms with Crippen LogP contribution in [0.1, 0.15) is 51.0 Å². The largest absolute Gasteiger partial charge is 0.495 e. The van der Waals surface area contributed by atoms with E-state index < -0.39 is 28.5 Å². The number of nitrogens with zero attached hydrogens (tertiary/aromatic N) is 2. The molecule has 3 aromatic rings. The molecule has 1 N–H and O–H groups in total. The van der Waals surface area contributed by atoms with Crippen LogP contribution in [0.5, 0.6) is 5.75 Å². The molecule has 0 radical (unpaired) electrons. The number of amides is 2. The summed E-state index contributed by atoms with van der Waals surface area (Å²) >= 11 is 18.7. The van der Waals surface area contributed by atoms with Gasteiger partial charge in [-0.2, -0.15) is 0 Å². The van der Waals surface area contributed by atoms with Gasteiger partial charge < -0.3 is 15.0 Å². The van der Waals surface area contributed by atoms with Gasteiger partial charge in [-0.05, 0) is 67.3 Å². The highest BCUT2D eigenvalue weighted by atomic mass is 35.5. The molecular formula is C32H36Cl3N3O5S. The van der Waals surface area contributed by atoms with Crippen LogP contribution in [-0.4, -0.2) is 50.9 Å². The van der Waals surface area contributed by atoms with Gasteiger partial charge in [-0.3, -0.25) is 13.9 Å². The molecule has 1 fully saturated rings. The van der Waals surface area contributed by atoms with Crippen molar-refractivity contribution in [1.82, 2.24) is 10.2 Å². The Morgan fingerprint density at radius 3 is 2.30 bits per heavy atom. The highest BCUT2D eigenvalue weighted by molar-refractivity contribution is 7.92. The fraction of sp³-hybridized carbons (Fsp3) is 0.375. The van der Waals surface area contributed by atoms with Crippen LogP contribution in [0.25, 0.3) is 0 Å². The Kier molecular flexibility index (Phi) is 11.8. The summed E-state index contributed by atoms with van der Waals surface area (Å²) < 4.78 is 34.6. The first-order valence-electron chi connectivity index (χ1n) is 14.5. The van der Waals surface area contributed by atoms with Crippen LogP contribution >= 0.6 is 34.8 Å². The number of carbonyl (C=O) groups is 2. The average molecular weight is 681 g/mol. The summed E-state index contributed by atoms with van der Waals surface area (Å²) in [4.78, 5) is 29.4. The smallest absolute Gasteiger partial charge is 0.264 e. The fourth-order valence-electron chi connectivity index (χ4n) is 5.39. The maximum Gasteiger partial charge on any atom is 0.264 e. The van der Waals surface area contributed by atoms with Crippen molar-refractivity contribution in [2.24, 2.45) is 0 Å². The highest BCUT2D eigenvalue weighted by Crippen LogP contribution is 2.35. The van der Waals surface area contributed by atoms with E-state index >= 15 is 0 Å². The first kappa shape index (κ1) is 33.9. The minimum Gasteiger partial charge on any atom is -0.495 e. The van der Waals surface area contributed by atoms with Crippen molar-refractivity contribution in [3.63, 3.8) is 0 Å². The molecule has 8 nitrogen and oxygen atoms in total. The number of carbonyl (C=O) groups excluding carboxylic acids is 2. The molecule has 44 heavy (non-hydrogen) atoms. The number of anilines is 1. The first-order chi connectivity index (χ1) is 21.0. The maximum atomic E-state index is 14.3. The molecule has 3 aromatic carbocycles. The number of methoxy groups -OCH3 is 1. The van der Waals surface area contributed by atoms with Gasteiger partial charge in [0.2, 0.25) is 11.8 Å². The number of rotatable bonds is 12. The van der Waals surface area contributed by atoms with E-state index in [0.717, 1.165) is 36.4 Å². The van der Waals surface area contributed by atoms with E-state index in [4.69, 9.17) is 39.5 Å². The second kappa shape index (κ2) is 15.3. The van der Waals surface area contributed by atoms with Crippen LogP contribution in [0.2, 0.25) is 15.1 Å². The molecule has 0 saturated heterocycles. The van der Waals surface area contributed by atoms with Crippen molar-refractivity contribution in [1.29, 1.82) is 0 Å². The van der Waals surface area contributed by atoms with Crippen LogP contribution < -0.4 is 14.4 Å². The van der Waals surface area contributed by atoms with Crippen molar-refractivity contribution >= 4 is 62.3 Å². The van der Waals surface area contributed by atoms with Gasteiger partial charge in [0, 0.05) is 17.6 Å². The van der Waals surface area contributed by atoms with Gasteiger partial charge in [-0.1, -0.05) is 85.3 Å². The van der Waals surface area contributed by atoms with Gasteiger partial charge in [0.25, 0.3) is 10.0 Å². The Bertz CT molecular complexity index is 1570. The number of hydrogen-bond acceptors (Lipinski definition) is 5. The number of sulfonamides is 1. The molecular weight excluding hydrogens is 645 g/mol. The SMILES string of the molecule is CCC(C(=O)NC1CCCCC1)N(Cc1ccc(Cl)c(Cl)c1)C(=O)CN(c1cc(Cl)ccc1OC)S(=O)(=O)c1ccccc1. The van der Waals surface area contributed by atoms with Crippen LogP contribution in [-0.2, 0) is 26.2 Å². The summed E-state index contributed by atoms with van der Waals surface area (Å²) in [6.07, 6.45) is 5.24. The summed E-state index contributed by atoms with van der Waals surface area (Å²) in [7, 11) is -2.88. The lowest BCUT2D eigenvalue weighted by molar-refractivity contribution is -0.140. The van der Waals surface area contributed by atoms with Crippen LogP contribution in [0.3, 0.4) is 0 Å². The number of nitrogens with one attached hydrogen (secondary N) is 1. The van der Waals surface area contributed by atoms with Crippen molar-refractivity contribution in [3.8, 4) is 5.75 Å².